The van der Waals surface area contributed by atoms with E-state index in [1.165, 1.54) is 0 Å². The summed E-state index contributed by atoms with van der Waals surface area (Å²) in [6, 6.07) is 0.425. The van der Waals surface area contributed by atoms with Crippen LogP contribution in [0.25, 0.3) is 0 Å². The van der Waals surface area contributed by atoms with Crippen LogP contribution in [0, 0.1) is 0 Å². The highest BCUT2D eigenvalue weighted by atomic mass is 16.7. The molecule has 4 heteroatoms. The minimum Gasteiger partial charge on any atom is -0.375 e. The molecule has 0 fully saturated rings. The summed E-state index contributed by atoms with van der Waals surface area (Å²) in [5, 5.41) is 1.95. The maximum Gasteiger partial charge on any atom is 0.0865 e. The molecule has 0 aliphatic heterocycles. The standard InChI is InChI=1S/C15H34N2O2/c1-8-13(2)17(7)19-15(5,6)10-12-18-14(3,4)9-11-16/h13H,8-12,16H2,1-7H3. The lowest BCUT2D eigenvalue weighted by atomic mass is 10.0. The summed E-state index contributed by atoms with van der Waals surface area (Å²) in [5.74, 6) is 0. The van der Waals surface area contributed by atoms with E-state index in [1.54, 1.807) is 0 Å². The third-order valence-corrected chi connectivity index (χ3v) is 3.55. The number of hydrogen-bond acceptors (Lipinski definition) is 4. The van der Waals surface area contributed by atoms with Crippen molar-refractivity contribution in [3.8, 4) is 0 Å². The van der Waals surface area contributed by atoms with E-state index in [2.05, 4.69) is 41.5 Å². The van der Waals surface area contributed by atoms with Gasteiger partial charge in [0.15, 0.2) is 0 Å². The lowest BCUT2D eigenvalue weighted by molar-refractivity contribution is -0.245. The summed E-state index contributed by atoms with van der Waals surface area (Å²) >= 11 is 0. The quantitative estimate of drug-likeness (QED) is 0.622. The van der Waals surface area contributed by atoms with Crippen molar-refractivity contribution in [2.75, 3.05) is 20.2 Å². The molecule has 1 atom stereocenters. The minimum atomic E-state index is -0.211. The van der Waals surface area contributed by atoms with E-state index in [1.807, 2.05) is 12.1 Å². The van der Waals surface area contributed by atoms with Crippen molar-refractivity contribution in [1.82, 2.24) is 5.06 Å². The zero-order chi connectivity index (χ0) is 15.1. The van der Waals surface area contributed by atoms with Gasteiger partial charge in [-0.15, -0.1) is 0 Å². The van der Waals surface area contributed by atoms with Crippen LogP contribution in [-0.2, 0) is 9.57 Å². The third-order valence-electron chi connectivity index (χ3n) is 3.55. The van der Waals surface area contributed by atoms with Crippen LogP contribution in [0.2, 0.25) is 0 Å². The zero-order valence-electron chi connectivity index (χ0n) is 14.0. The van der Waals surface area contributed by atoms with Crippen molar-refractivity contribution in [1.29, 1.82) is 0 Å². The largest absolute Gasteiger partial charge is 0.375 e. The molecule has 2 N–H and O–H groups in total. The van der Waals surface area contributed by atoms with Crippen molar-refractivity contribution in [2.24, 2.45) is 5.73 Å². The Hall–Kier alpha value is -0.160. The average Bonchev–Trinajstić information content (AvgIpc) is 2.26. The molecule has 19 heavy (non-hydrogen) atoms. The molecule has 4 nitrogen and oxygen atoms in total. The Bertz CT molecular complexity index is 242. The Kier molecular flexibility index (Phi) is 8.13. The Morgan fingerprint density at radius 1 is 1.11 bits per heavy atom. The molecule has 0 saturated heterocycles. The fraction of sp³-hybridized carbons (Fsp3) is 1.00. The van der Waals surface area contributed by atoms with Gasteiger partial charge in [0.05, 0.1) is 17.8 Å². The van der Waals surface area contributed by atoms with Crippen molar-refractivity contribution < 1.29 is 9.57 Å². The highest BCUT2D eigenvalue weighted by Gasteiger charge is 2.25. The lowest BCUT2D eigenvalue weighted by Crippen LogP contribution is -2.40. The maximum absolute atomic E-state index is 5.99. The number of nitrogens with zero attached hydrogens (tertiary/aromatic N) is 1. The first-order valence-electron chi connectivity index (χ1n) is 7.39. The highest BCUT2D eigenvalue weighted by Crippen LogP contribution is 2.20. The third kappa shape index (κ3) is 8.58. The molecule has 0 aromatic rings. The highest BCUT2D eigenvalue weighted by molar-refractivity contribution is 4.72. The summed E-state index contributed by atoms with van der Waals surface area (Å²) in [4.78, 5) is 5.99. The molecule has 0 rings (SSSR count). The van der Waals surface area contributed by atoms with Gasteiger partial charge in [0.1, 0.15) is 0 Å². The zero-order valence-corrected chi connectivity index (χ0v) is 14.0. The fourth-order valence-corrected chi connectivity index (χ4v) is 1.78. The van der Waals surface area contributed by atoms with Gasteiger partial charge in [-0.2, -0.15) is 5.06 Å². The number of nitrogens with two attached hydrogens (primary N) is 1. The van der Waals surface area contributed by atoms with Crippen molar-refractivity contribution in [2.45, 2.75) is 78.0 Å². The van der Waals surface area contributed by atoms with Crippen LogP contribution < -0.4 is 5.73 Å². The number of hydrogen-bond donors (Lipinski definition) is 1. The van der Waals surface area contributed by atoms with Crippen LogP contribution in [0.1, 0.15) is 60.8 Å². The average molecular weight is 274 g/mol. The number of rotatable bonds is 10. The Balaban J connectivity index is 4.10. The van der Waals surface area contributed by atoms with Gasteiger partial charge < -0.3 is 10.5 Å². The topological polar surface area (TPSA) is 47.7 Å². The van der Waals surface area contributed by atoms with Gasteiger partial charge in [0.2, 0.25) is 0 Å². The van der Waals surface area contributed by atoms with E-state index in [-0.39, 0.29) is 11.2 Å². The molecule has 0 radical (unpaired) electrons. The summed E-state index contributed by atoms with van der Waals surface area (Å²) in [7, 11) is 2.00. The first-order chi connectivity index (χ1) is 8.63. The van der Waals surface area contributed by atoms with E-state index >= 15 is 0 Å². The molecule has 0 amide bonds. The summed E-state index contributed by atoms with van der Waals surface area (Å²) in [6.45, 7) is 14.0. The van der Waals surface area contributed by atoms with E-state index in [9.17, 15) is 0 Å². The summed E-state index contributed by atoms with van der Waals surface area (Å²) in [5.41, 5.74) is 5.22. The van der Waals surface area contributed by atoms with Gasteiger partial charge in [0, 0.05) is 19.5 Å². The van der Waals surface area contributed by atoms with Gasteiger partial charge in [-0.3, -0.25) is 4.84 Å². The Morgan fingerprint density at radius 2 is 1.68 bits per heavy atom. The molecular formula is C15H34N2O2. The van der Waals surface area contributed by atoms with Gasteiger partial charge >= 0.3 is 0 Å². The van der Waals surface area contributed by atoms with Crippen LogP contribution in [0.3, 0.4) is 0 Å². The predicted molar refractivity (Wildman–Crippen MR) is 81.0 cm³/mol. The fourth-order valence-electron chi connectivity index (χ4n) is 1.78. The van der Waals surface area contributed by atoms with E-state index in [0.29, 0.717) is 19.2 Å². The second-order valence-corrected chi connectivity index (χ2v) is 6.55. The minimum absolute atomic E-state index is 0.145. The molecule has 0 heterocycles. The second-order valence-electron chi connectivity index (χ2n) is 6.55. The van der Waals surface area contributed by atoms with Crippen molar-refractivity contribution in [3.63, 3.8) is 0 Å². The number of ether oxygens (including phenoxy) is 1. The molecule has 0 aliphatic carbocycles. The van der Waals surface area contributed by atoms with Crippen LogP contribution >= 0.6 is 0 Å². The van der Waals surface area contributed by atoms with E-state index in [4.69, 9.17) is 15.3 Å². The molecule has 0 bridgehead atoms. The summed E-state index contributed by atoms with van der Waals surface area (Å²) < 4.78 is 5.90. The van der Waals surface area contributed by atoms with Crippen LogP contribution in [0.4, 0.5) is 0 Å². The van der Waals surface area contributed by atoms with Gasteiger partial charge in [0.25, 0.3) is 0 Å². The van der Waals surface area contributed by atoms with E-state index in [0.717, 1.165) is 19.3 Å². The Labute approximate surface area is 119 Å². The number of hydroxylamine groups is 2. The molecule has 0 saturated carbocycles. The van der Waals surface area contributed by atoms with Gasteiger partial charge in [-0.25, -0.2) is 0 Å². The first kappa shape index (κ1) is 18.8. The van der Waals surface area contributed by atoms with Gasteiger partial charge in [-0.1, -0.05) is 6.92 Å². The molecule has 116 valence electrons. The second kappa shape index (κ2) is 8.20. The molecule has 1 unspecified atom stereocenters. The van der Waals surface area contributed by atoms with Gasteiger partial charge in [-0.05, 0) is 54.0 Å². The predicted octanol–water partition coefficient (Wildman–Crippen LogP) is 2.96. The molecule has 0 aromatic carbocycles. The van der Waals surface area contributed by atoms with Crippen LogP contribution in [0.15, 0.2) is 0 Å². The normalized spacial score (nSPS) is 15.0. The molecule has 0 spiro atoms. The molecular weight excluding hydrogens is 240 g/mol. The first-order valence-corrected chi connectivity index (χ1v) is 7.39. The Morgan fingerprint density at radius 3 is 2.16 bits per heavy atom. The monoisotopic (exact) mass is 274 g/mol. The van der Waals surface area contributed by atoms with Crippen LogP contribution in [-0.4, -0.2) is 42.5 Å². The van der Waals surface area contributed by atoms with Crippen molar-refractivity contribution in [3.05, 3.63) is 0 Å². The summed E-state index contributed by atoms with van der Waals surface area (Å²) in [6.07, 6.45) is 2.81. The maximum atomic E-state index is 5.99. The molecule has 0 aliphatic rings. The lowest BCUT2D eigenvalue weighted by Gasteiger charge is -2.34. The van der Waals surface area contributed by atoms with E-state index < -0.39 is 0 Å². The van der Waals surface area contributed by atoms with Crippen molar-refractivity contribution >= 4 is 0 Å². The smallest absolute Gasteiger partial charge is 0.0865 e. The SMILES string of the molecule is CCC(C)N(C)OC(C)(C)CCOC(C)(C)CCN. The van der Waals surface area contributed by atoms with Crippen LogP contribution in [0.5, 0.6) is 0 Å². The molecule has 0 aromatic heterocycles.